The van der Waals surface area contributed by atoms with E-state index in [9.17, 15) is 0 Å². The Labute approximate surface area is 129 Å². The highest BCUT2D eigenvalue weighted by molar-refractivity contribution is 5.94. The largest absolute Gasteiger partial charge is 0.494 e. The van der Waals surface area contributed by atoms with Crippen LogP contribution in [0.5, 0.6) is 5.75 Å². The van der Waals surface area contributed by atoms with Crippen molar-refractivity contribution in [3.63, 3.8) is 0 Å². The maximum Gasteiger partial charge on any atom is 0.122 e. The molecule has 0 unspecified atom stereocenters. The van der Waals surface area contributed by atoms with Crippen molar-refractivity contribution in [2.24, 2.45) is 5.73 Å². The smallest absolute Gasteiger partial charge is 0.122 e. The van der Waals surface area contributed by atoms with Gasteiger partial charge in [0.1, 0.15) is 11.6 Å². The summed E-state index contributed by atoms with van der Waals surface area (Å²) in [5.41, 5.74) is 6.15. The van der Waals surface area contributed by atoms with Gasteiger partial charge in [-0.25, -0.2) is 0 Å². The molecule has 0 atom stereocenters. The molecule has 0 radical (unpaired) electrons. The van der Waals surface area contributed by atoms with E-state index >= 15 is 0 Å². The summed E-state index contributed by atoms with van der Waals surface area (Å²) in [6.07, 6.45) is 11.9. The number of hydrogen-bond donors (Lipinski definition) is 2. The summed E-state index contributed by atoms with van der Waals surface area (Å²) in [7, 11) is 0. The molecule has 3 nitrogen and oxygen atoms in total. The zero-order chi connectivity index (χ0) is 15.3. The molecule has 0 aromatic heterocycles. The van der Waals surface area contributed by atoms with Gasteiger partial charge in [0.25, 0.3) is 0 Å². The van der Waals surface area contributed by atoms with E-state index in [1.807, 2.05) is 24.3 Å². The molecule has 0 fully saturated rings. The van der Waals surface area contributed by atoms with Gasteiger partial charge in [0.05, 0.1) is 6.61 Å². The maximum absolute atomic E-state index is 7.33. The van der Waals surface area contributed by atoms with Crippen LogP contribution in [0.25, 0.3) is 0 Å². The Morgan fingerprint density at radius 2 is 1.43 bits per heavy atom. The quantitative estimate of drug-likeness (QED) is 0.327. The summed E-state index contributed by atoms with van der Waals surface area (Å²) in [6.45, 7) is 3.03. The van der Waals surface area contributed by atoms with Crippen LogP contribution in [0.15, 0.2) is 24.3 Å². The van der Waals surface area contributed by atoms with Crippen molar-refractivity contribution in [2.45, 2.75) is 64.7 Å². The minimum Gasteiger partial charge on any atom is -0.494 e. The van der Waals surface area contributed by atoms with E-state index in [-0.39, 0.29) is 5.84 Å². The molecule has 21 heavy (non-hydrogen) atoms. The van der Waals surface area contributed by atoms with Crippen LogP contribution in [0.1, 0.15) is 70.3 Å². The van der Waals surface area contributed by atoms with Gasteiger partial charge in [-0.1, -0.05) is 58.3 Å². The highest BCUT2D eigenvalue weighted by Crippen LogP contribution is 2.13. The summed E-state index contributed by atoms with van der Waals surface area (Å²) >= 11 is 0. The number of benzene rings is 1. The molecule has 0 aliphatic carbocycles. The van der Waals surface area contributed by atoms with Crippen LogP contribution in [0, 0.1) is 5.41 Å². The van der Waals surface area contributed by atoms with Crippen LogP contribution >= 0.6 is 0 Å². The Morgan fingerprint density at radius 1 is 0.905 bits per heavy atom. The second kappa shape index (κ2) is 11.2. The average Bonchev–Trinajstić information content (AvgIpc) is 2.49. The van der Waals surface area contributed by atoms with Crippen LogP contribution in [0.3, 0.4) is 0 Å². The fraction of sp³-hybridized carbons (Fsp3) is 0.611. The van der Waals surface area contributed by atoms with E-state index in [1.54, 1.807) is 0 Å². The lowest BCUT2D eigenvalue weighted by atomic mass is 10.1. The number of nitrogens with two attached hydrogens (primary N) is 1. The molecule has 1 aromatic rings. The lowest BCUT2D eigenvalue weighted by Gasteiger charge is -2.07. The number of hydrogen-bond acceptors (Lipinski definition) is 2. The van der Waals surface area contributed by atoms with Crippen molar-refractivity contribution in [3.8, 4) is 5.75 Å². The zero-order valence-corrected chi connectivity index (χ0v) is 13.4. The first-order chi connectivity index (χ1) is 10.2. The van der Waals surface area contributed by atoms with Gasteiger partial charge >= 0.3 is 0 Å². The minimum absolute atomic E-state index is 0.0977. The van der Waals surface area contributed by atoms with Crippen LogP contribution < -0.4 is 10.5 Å². The molecule has 3 N–H and O–H groups in total. The number of ether oxygens (including phenoxy) is 1. The topological polar surface area (TPSA) is 59.1 Å². The van der Waals surface area contributed by atoms with E-state index in [0.717, 1.165) is 24.3 Å². The maximum atomic E-state index is 7.33. The van der Waals surface area contributed by atoms with Gasteiger partial charge < -0.3 is 10.5 Å². The predicted molar refractivity (Wildman–Crippen MR) is 90.2 cm³/mol. The summed E-state index contributed by atoms with van der Waals surface area (Å²) in [5.74, 6) is 0.958. The number of rotatable bonds is 12. The summed E-state index contributed by atoms with van der Waals surface area (Å²) in [4.78, 5) is 0. The van der Waals surface area contributed by atoms with Gasteiger partial charge in [0, 0.05) is 5.56 Å². The first kappa shape index (κ1) is 17.5. The van der Waals surface area contributed by atoms with Gasteiger partial charge in [-0.05, 0) is 30.7 Å². The molecule has 1 rings (SSSR count). The molecule has 0 saturated heterocycles. The monoisotopic (exact) mass is 290 g/mol. The fourth-order valence-corrected chi connectivity index (χ4v) is 2.33. The van der Waals surface area contributed by atoms with Crippen molar-refractivity contribution >= 4 is 5.84 Å². The second-order valence-electron chi connectivity index (χ2n) is 5.61. The molecule has 0 spiro atoms. The van der Waals surface area contributed by atoms with Gasteiger partial charge in [-0.3, -0.25) is 5.41 Å². The standard InChI is InChI=1S/C18H30N2O/c1-2-3-4-5-6-7-8-9-10-15-21-17-13-11-16(12-14-17)18(19)20/h11-14H,2-10,15H2,1H3,(H3,19,20). The van der Waals surface area contributed by atoms with E-state index in [2.05, 4.69) is 6.92 Å². The third-order valence-corrected chi connectivity index (χ3v) is 3.68. The number of amidine groups is 1. The Hall–Kier alpha value is -1.51. The minimum atomic E-state index is 0.0977. The van der Waals surface area contributed by atoms with E-state index in [4.69, 9.17) is 15.9 Å². The molecule has 0 saturated carbocycles. The molecule has 0 amide bonds. The normalized spacial score (nSPS) is 10.5. The predicted octanol–water partition coefficient (Wildman–Crippen LogP) is 4.88. The number of unbranched alkanes of at least 4 members (excludes halogenated alkanes) is 8. The Bertz CT molecular complexity index is 387. The first-order valence-corrected chi connectivity index (χ1v) is 8.31. The Balaban J connectivity index is 1.98. The van der Waals surface area contributed by atoms with Gasteiger partial charge in [-0.2, -0.15) is 0 Å². The second-order valence-corrected chi connectivity index (χ2v) is 5.61. The Morgan fingerprint density at radius 3 is 1.95 bits per heavy atom. The number of nitrogen functional groups attached to an aromatic ring is 1. The summed E-state index contributed by atoms with van der Waals surface area (Å²) in [6, 6.07) is 7.41. The van der Waals surface area contributed by atoms with Crippen molar-refractivity contribution in [1.82, 2.24) is 0 Å². The molecular formula is C18H30N2O. The lowest BCUT2D eigenvalue weighted by Crippen LogP contribution is -2.10. The first-order valence-electron chi connectivity index (χ1n) is 8.31. The van der Waals surface area contributed by atoms with Crippen LogP contribution in [-0.4, -0.2) is 12.4 Å². The van der Waals surface area contributed by atoms with Crippen LogP contribution in [0.4, 0.5) is 0 Å². The van der Waals surface area contributed by atoms with Crippen LogP contribution in [0.2, 0.25) is 0 Å². The van der Waals surface area contributed by atoms with Crippen molar-refractivity contribution < 1.29 is 4.74 Å². The average molecular weight is 290 g/mol. The number of nitrogens with one attached hydrogen (secondary N) is 1. The summed E-state index contributed by atoms with van der Waals surface area (Å²) in [5, 5.41) is 7.33. The third-order valence-electron chi connectivity index (χ3n) is 3.68. The molecule has 118 valence electrons. The highest BCUT2D eigenvalue weighted by atomic mass is 16.5. The van der Waals surface area contributed by atoms with Gasteiger partial charge in [-0.15, -0.1) is 0 Å². The van der Waals surface area contributed by atoms with E-state index in [1.165, 1.54) is 51.4 Å². The van der Waals surface area contributed by atoms with Crippen molar-refractivity contribution in [1.29, 1.82) is 5.41 Å². The molecule has 0 aliphatic heterocycles. The van der Waals surface area contributed by atoms with Crippen LogP contribution in [-0.2, 0) is 0 Å². The molecule has 1 aromatic carbocycles. The lowest BCUT2D eigenvalue weighted by molar-refractivity contribution is 0.304. The molecule has 3 heteroatoms. The third kappa shape index (κ3) is 8.38. The van der Waals surface area contributed by atoms with E-state index in [0.29, 0.717) is 0 Å². The zero-order valence-electron chi connectivity index (χ0n) is 13.4. The Kier molecular flexibility index (Phi) is 9.34. The SMILES string of the molecule is CCCCCCCCCCCOc1ccc(C(=N)N)cc1. The van der Waals surface area contributed by atoms with Crippen molar-refractivity contribution in [2.75, 3.05) is 6.61 Å². The fourth-order valence-electron chi connectivity index (χ4n) is 2.33. The van der Waals surface area contributed by atoms with Gasteiger partial charge in [0.15, 0.2) is 0 Å². The van der Waals surface area contributed by atoms with Gasteiger partial charge in [0.2, 0.25) is 0 Å². The van der Waals surface area contributed by atoms with Crippen molar-refractivity contribution in [3.05, 3.63) is 29.8 Å². The highest BCUT2D eigenvalue weighted by Gasteiger charge is 1.98. The molecule has 0 aliphatic rings. The van der Waals surface area contributed by atoms with E-state index < -0.39 is 0 Å². The summed E-state index contributed by atoms with van der Waals surface area (Å²) < 4.78 is 5.69. The molecule has 0 heterocycles. The molecular weight excluding hydrogens is 260 g/mol. The molecule has 0 bridgehead atoms.